The standard InChI is InChI=1S/C26H25F4N9O/c27-19-10-35-23-18(1-6-32-23)22(19)16-9-36-39(13-16)25(4-5-31)14-38(15-25)17-2-7-37(8-3-17)24(40)20-11-34-21(12-33-20)26(28,29)30/h1,6,9-13,17,24,40H,2-4,7-8,14-15H2,(H,32,35). The largest absolute Gasteiger partial charge is 0.434 e. The van der Waals surface area contributed by atoms with E-state index in [0.717, 1.165) is 19.0 Å². The van der Waals surface area contributed by atoms with Gasteiger partial charge in [-0.2, -0.15) is 23.5 Å². The summed E-state index contributed by atoms with van der Waals surface area (Å²) < 4.78 is 54.8. The number of hydrogen-bond donors (Lipinski definition) is 2. The minimum absolute atomic E-state index is 0.0699. The van der Waals surface area contributed by atoms with Gasteiger partial charge in [-0.3, -0.25) is 19.5 Å². The fourth-order valence-electron chi connectivity index (χ4n) is 5.74. The molecule has 0 aromatic carbocycles. The predicted octanol–water partition coefficient (Wildman–Crippen LogP) is 3.45. The van der Waals surface area contributed by atoms with Gasteiger partial charge in [0, 0.05) is 61.1 Å². The summed E-state index contributed by atoms with van der Waals surface area (Å²) in [5.74, 6) is -0.451. The van der Waals surface area contributed by atoms with Gasteiger partial charge in [0.15, 0.2) is 11.9 Å². The molecule has 1 unspecified atom stereocenters. The summed E-state index contributed by atoms with van der Waals surface area (Å²) in [7, 11) is 0. The average Bonchev–Trinajstić information content (AvgIpc) is 3.60. The van der Waals surface area contributed by atoms with Crippen LogP contribution in [0, 0.1) is 17.1 Å². The summed E-state index contributed by atoms with van der Waals surface area (Å²) in [5, 5.41) is 25.4. The van der Waals surface area contributed by atoms with Crippen molar-refractivity contribution in [2.24, 2.45) is 0 Å². The molecule has 2 N–H and O–H groups in total. The summed E-state index contributed by atoms with van der Waals surface area (Å²) in [6.45, 7) is 2.24. The third-order valence-electron chi connectivity index (χ3n) is 7.89. The van der Waals surface area contributed by atoms with Gasteiger partial charge in [-0.05, 0) is 18.9 Å². The lowest BCUT2D eigenvalue weighted by Crippen LogP contribution is -2.66. The van der Waals surface area contributed by atoms with E-state index in [-0.39, 0.29) is 18.2 Å². The van der Waals surface area contributed by atoms with E-state index in [2.05, 4.69) is 36.0 Å². The number of aliphatic hydroxyl groups excluding tert-OH is 1. The molecule has 10 nitrogen and oxygen atoms in total. The summed E-state index contributed by atoms with van der Waals surface area (Å²) >= 11 is 0. The number of nitriles is 1. The summed E-state index contributed by atoms with van der Waals surface area (Å²) in [6.07, 6.45) is 3.82. The quantitative estimate of drug-likeness (QED) is 0.347. The normalized spacial score (nSPS) is 19.4. The van der Waals surface area contributed by atoms with Gasteiger partial charge in [-0.15, -0.1) is 0 Å². The van der Waals surface area contributed by atoms with Crippen molar-refractivity contribution in [1.29, 1.82) is 5.26 Å². The first kappa shape index (κ1) is 26.3. The second kappa shape index (κ2) is 9.92. The number of aromatic amines is 1. The molecule has 0 bridgehead atoms. The number of rotatable bonds is 6. The van der Waals surface area contributed by atoms with Crippen LogP contribution < -0.4 is 0 Å². The van der Waals surface area contributed by atoms with Gasteiger partial charge in [-0.25, -0.2) is 14.4 Å². The highest BCUT2D eigenvalue weighted by Crippen LogP contribution is 2.38. The molecule has 2 aliphatic rings. The molecule has 0 spiro atoms. The molecule has 14 heteroatoms. The van der Waals surface area contributed by atoms with Crippen LogP contribution in [0.3, 0.4) is 0 Å². The minimum Gasteiger partial charge on any atom is -0.372 e. The first-order valence-corrected chi connectivity index (χ1v) is 12.8. The number of alkyl halides is 3. The molecule has 0 saturated carbocycles. The Bertz CT molecular complexity index is 1540. The van der Waals surface area contributed by atoms with Crippen molar-refractivity contribution in [1.82, 2.24) is 39.5 Å². The summed E-state index contributed by atoms with van der Waals surface area (Å²) in [6, 6.07) is 4.25. The number of fused-ring (bicyclic) bond motifs is 1. The Morgan fingerprint density at radius 3 is 2.58 bits per heavy atom. The Kier molecular flexibility index (Phi) is 6.52. The number of nitrogens with zero attached hydrogens (tertiary/aromatic N) is 8. The zero-order valence-corrected chi connectivity index (χ0v) is 21.2. The molecule has 2 saturated heterocycles. The van der Waals surface area contributed by atoms with Crippen molar-refractivity contribution in [2.75, 3.05) is 26.2 Å². The first-order chi connectivity index (χ1) is 19.2. The van der Waals surface area contributed by atoms with Crippen molar-refractivity contribution in [3.05, 3.63) is 60.5 Å². The Hall–Kier alpha value is -3.93. The number of halogens is 4. The van der Waals surface area contributed by atoms with Gasteiger partial charge >= 0.3 is 6.18 Å². The molecule has 0 aliphatic carbocycles. The second-order valence-corrected chi connectivity index (χ2v) is 10.3. The number of H-pyrrole nitrogens is 1. The van der Waals surface area contributed by atoms with Crippen LogP contribution >= 0.6 is 0 Å². The molecule has 6 heterocycles. The smallest absolute Gasteiger partial charge is 0.372 e. The molecular formula is C26H25F4N9O. The fourth-order valence-corrected chi connectivity index (χ4v) is 5.74. The van der Waals surface area contributed by atoms with Gasteiger partial charge < -0.3 is 10.1 Å². The van der Waals surface area contributed by atoms with Crippen molar-refractivity contribution >= 4 is 11.0 Å². The third-order valence-corrected chi connectivity index (χ3v) is 7.89. The number of likely N-dealkylation sites (tertiary alicyclic amines) is 2. The average molecular weight is 556 g/mol. The Morgan fingerprint density at radius 2 is 1.90 bits per heavy atom. The molecule has 40 heavy (non-hydrogen) atoms. The Balaban J connectivity index is 1.11. The maximum Gasteiger partial charge on any atom is 0.434 e. The second-order valence-electron chi connectivity index (χ2n) is 10.3. The van der Waals surface area contributed by atoms with Crippen LogP contribution in [0.25, 0.3) is 22.2 Å². The van der Waals surface area contributed by atoms with Gasteiger partial charge in [-0.1, -0.05) is 0 Å². The van der Waals surface area contributed by atoms with Crippen molar-refractivity contribution < 1.29 is 22.7 Å². The maximum atomic E-state index is 14.8. The molecule has 208 valence electrons. The summed E-state index contributed by atoms with van der Waals surface area (Å²) in [5.41, 5.74) is 0.0143. The van der Waals surface area contributed by atoms with Crippen LogP contribution in [-0.4, -0.2) is 76.8 Å². The van der Waals surface area contributed by atoms with Gasteiger partial charge in [0.1, 0.15) is 22.7 Å². The molecule has 1 atom stereocenters. The summed E-state index contributed by atoms with van der Waals surface area (Å²) in [4.78, 5) is 18.3. The van der Waals surface area contributed by atoms with E-state index in [9.17, 15) is 27.9 Å². The number of piperidine rings is 1. The number of hydrogen-bond acceptors (Lipinski definition) is 8. The van der Waals surface area contributed by atoms with E-state index in [1.807, 2.05) is 0 Å². The predicted molar refractivity (Wildman–Crippen MR) is 134 cm³/mol. The van der Waals surface area contributed by atoms with E-state index in [0.29, 0.717) is 54.5 Å². The topological polar surface area (TPSA) is 123 Å². The molecule has 4 aromatic heterocycles. The van der Waals surface area contributed by atoms with E-state index < -0.39 is 29.5 Å². The van der Waals surface area contributed by atoms with E-state index >= 15 is 0 Å². The van der Waals surface area contributed by atoms with Crippen molar-refractivity contribution in [3.8, 4) is 17.2 Å². The van der Waals surface area contributed by atoms with Gasteiger partial charge in [0.2, 0.25) is 0 Å². The van der Waals surface area contributed by atoms with Gasteiger partial charge in [0.25, 0.3) is 0 Å². The van der Waals surface area contributed by atoms with Crippen molar-refractivity contribution in [2.45, 2.75) is 43.2 Å². The number of aromatic nitrogens is 6. The van der Waals surface area contributed by atoms with Crippen LogP contribution in [0.15, 0.2) is 43.2 Å². The van der Waals surface area contributed by atoms with E-state index in [4.69, 9.17) is 0 Å². The molecule has 2 fully saturated rings. The number of aliphatic hydroxyl groups is 1. The highest BCUT2D eigenvalue weighted by Gasteiger charge is 2.48. The zero-order chi connectivity index (χ0) is 28.1. The molecule has 0 amide bonds. The van der Waals surface area contributed by atoms with Crippen LogP contribution in [0.4, 0.5) is 17.6 Å². The first-order valence-electron chi connectivity index (χ1n) is 12.8. The molecule has 2 aliphatic heterocycles. The Morgan fingerprint density at radius 1 is 1.12 bits per heavy atom. The third kappa shape index (κ3) is 4.59. The minimum atomic E-state index is -4.59. The lowest BCUT2D eigenvalue weighted by Gasteiger charge is -2.53. The number of nitrogens with one attached hydrogen (secondary N) is 1. The van der Waals surface area contributed by atoms with Crippen LogP contribution in [0.5, 0.6) is 0 Å². The number of pyridine rings is 1. The SMILES string of the molecule is N#CCC1(n2cc(-c3c(F)cnc4[nH]ccc34)cn2)CN(C2CCN(C(O)c3cnc(C(F)(F)F)cn3)CC2)C1. The molecule has 6 rings (SSSR count). The van der Waals surface area contributed by atoms with E-state index in [1.165, 1.54) is 6.20 Å². The molecule has 4 aromatic rings. The fraction of sp³-hybridized carbons (Fsp3) is 0.423. The maximum absolute atomic E-state index is 14.8. The van der Waals surface area contributed by atoms with Crippen LogP contribution in [0.1, 0.15) is 36.9 Å². The Labute approximate surface area is 225 Å². The van der Waals surface area contributed by atoms with Crippen molar-refractivity contribution in [3.63, 3.8) is 0 Å². The van der Waals surface area contributed by atoms with Gasteiger partial charge in [0.05, 0.1) is 37.3 Å². The highest BCUT2D eigenvalue weighted by atomic mass is 19.4. The lowest BCUT2D eigenvalue weighted by atomic mass is 9.83. The van der Waals surface area contributed by atoms with Crippen LogP contribution in [-0.2, 0) is 11.7 Å². The highest BCUT2D eigenvalue weighted by molar-refractivity contribution is 5.92. The van der Waals surface area contributed by atoms with Crippen LogP contribution in [0.2, 0.25) is 0 Å². The lowest BCUT2D eigenvalue weighted by molar-refractivity contribution is -0.141. The zero-order valence-electron chi connectivity index (χ0n) is 21.2. The van der Waals surface area contributed by atoms with E-state index in [1.54, 1.807) is 34.2 Å². The monoisotopic (exact) mass is 555 g/mol. The molecule has 0 radical (unpaired) electrons. The molecular weight excluding hydrogens is 530 g/mol.